The number of nitrogens with zero attached hydrogens (tertiary/aromatic N) is 4. The quantitative estimate of drug-likeness (QED) is 0.376. The molecule has 2 aromatic heterocycles. The first-order valence-electron chi connectivity index (χ1n) is 10.3. The molecule has 33 heavy (non-hydrogen) atoms. The Balaban J connectivity index is 1.38. The first-order valence-corrected chi connectivity index (χ1v) is 11.4. The van der Waals surface area contributed by atoms with E-state index in [1.807, 2.05) is 0 Å². The third-order valence-electron chi connectivity index (χ3n) is 6.61. The molecule has 1 N–H and O–H groups in total. The van der Waals surface area contributed by atoms with E-state index < -0.39 is 17.7 Å². The van der Waals surface area contributed by atoms with E-state index in [-0.39, 0.29) is 32.6 Å². The van der Waals surface area contributed by atoms with Gasteiger partial charge in [0, 0.05) is 22.7 Å². The van der Waals surface area contributed by atoms with Gasteiger partial charge in [0.1, 0.15) is 0 Å². The zero-order chi connectivity index (χ0) is 23.5. The standard InChI is InChI=1S/C22H18F3IN4O3/c23-22(24,25)16-4-2-1-3-15(16)13-7-14-10-29(11-21(14,26)8-13)19(31)18-28-27-17-6-5-12(20(32)33)9-30(17)18/h1-6,9,13-14H,7-8,10-11H2,(H,32,33)/t13-,14-,21-/m0/s1. The number of hydrogen-bond donors (Lipinski definition) is 1. The number of rotatable bonds is 3. The van der Waals surface area contributed by atoms with Crippen molar-refractivity contribution in [1.29, 1.82) is 0 Å². The molecule has 3 atom stereocenters. The third kappa shape index (κ3) is 3.75. The highest BCUT2D eigenvalue weighted by Gasteiger charge is 2.54. The van der Waals surface area contributed by atoms with Gasteiger partial charge in [0.2, 0.25) is 5.82 Å². The summed E-state index contributed by atoms with van der Waals surface area (Å²) in [6.07, 6.45) is -1.99. The summed E-state index contributed by atoms with van der Waals surface area (Å²) in [5.41, 5.74) is 0.0898. The lowest BCUT2D eigenvalue weighted by molar-refractivity contribution is -0.138. The number of carbonyl (C=O) groups is 2. The van der Waals surface area contributed by atoms with Crippen LogP contribution >= 0.6 is 22.6 Å². The number of carbonyl (C=O) groups excluding carboxylic acids is 1. The number of hydrogen-bond acceptors (Lipinski definition) is 4. The zero-order valence-electron chi connectivity index (χ0n) is 17.1. The monoisotopic (exact) mass is 570 g/mol. The van der Waals surface area contributed by atoms with Crippen LogP contribution in [0.2, 0.25) is 0 Å². The minimum Gasteiger partial charge on any atom is -0.478 e. The minimum absolute atomic E-state index is 0.00572. The number of aromatic nitrogens is 3. The number of alkyl halides is 4. The number of pyridine rings is 1. The second kappa shape index (κ2) is 7.67. The van der Waals surface area contributed by atoms with E-state index in [4.69, 9.17) is 0 Å². The van der Waals surface area contributed by atoms with Crippen molar-refractivity contribution in [2.75, 3.05) is 13.1 Å². The Morgan fingerprint density at radius 3 is 2.61 bits per heavy atom. The highest BCUT2D eigenvalue weighted by molar-refractivity contribution is 14.1. The van der Waals surface area contributed by atoms with E-state index in [1.54, 1.807) is 17.0 Å². The molecule has 1 aromatic carbocycles. The van der Waals surface area contributed by atoms with Gasteiger partial charge in [0.15, 0.2) is 5.65 Å². The summed E-state index contributed by atoms with van der Waals surface area (Å²) in [4.78, 5) is 26.2. The predicted molar refractivity (Wildman–Crippen MR) is 120 cm³/mol. The lowest BCUT2D eigenvalue weighted by Gasteiger charge is -2.23. The molecule has 172 valence electrons. The van der Waals surface area contributed by atoms with Gasteiger partial charge in [0.25, 0.3) is 5.91 Å². The molecule has 3 aromatic rings. The van der Waals surface area contributed by atoms with Gasteiger partial charge in [0.05, 0.1) is 11.1 Å². The lowest BCUT2D eigenvalue weighted by atomic mass is 9.91. The molecule has 1 aliphatic heterocycles. The highest BCUT2D eigenvalue weighted by Crippen LogP contribution is 2.55. The second-order valence-corrected chi connectivity index (χ2v) is 10.8. The fourth-order valence-electron chi connectivity index (χ4n) is 5.10. The molecule has 1 saturated carbocycles. The molecular formula is C22H18F3IN4O3. The van der Waals surface area contributed by atoms with E-state index in [2.05, 4.69) is 32.8 Å². The van der Waals surface area contributed by atoms with E-state index in [9.17, 15) is 27.9 Å². The number of benzene rings is 1. The Labute approximate surface area is 199 Å². The first kappa shape index (κ1) is 22.1. The Morgan fingerprint density at radius 2 is 1.91 bits per heavy atom. The van der Waals surface area contributed by atoms with Gasteiger partial charge in [-0.2, -0.15) is 13.2 Å². The van der Waals surface area contributed by atoms with Gasteiger partial charge in [-0.3, -0.25) is 9.20 Å². The minimum atomic E-state index is -4.40. The second-order valence-electron chi connectivity index (χ2n) is 8.61. The lowest BCUT2D eigenvalue weighted by Crippen LogP contribution is -2.34. The Morgan fingerprint density at radius 1 is 1.15 bits per heavy atom. The van der Waals surface area contributed by atoms with Crippen molar-refractivity contribution in [2.24, 2.45) is 5.92 Å². The number of likely N-dealkylation sites (tertiary alicyclic amines) is 1. The molecule has 0 radical (unpaired) electrons. The molecule has 5 rings (SSSR count). The van der Waals surface area contributed by atoms with Crippen LogP contribution in [0.15, 0.2) is 42.6 Å². The van der Waals surface area contributed by atoms with Gasteiger partial charge in [-0.15, -0.1) is 10.2 Å². The molecule has 2 fully saturated rings. The summed E-state index contributed by atoms with van der Waals surface area (Å²) < 4.78 is 41.6. The molecule has 0 unspecified atom stereocenters. The molecule has 1 saturated heterocycles. The van der Waals surface area contributed by atoms with Crippen LogP contribution < -0.4 is 0 Å². The Bertz CT molecular complexity index is 1280. The molecule has 11 heteroatoms. The van der Waals surface area contributed by atoms with Crippen molar-refractivity contribution in [2.45, 2.75) is 28.4 Å². The van der Waals surface area contributed by atoms with Crippen LogP contribution in [-0.2, 0) is 6.18 Å². The smallest absolute Gasteiger partial charge is 0.416 e. The number of fused-ring (bicyclic) bond motifs is 2. The summed E-state index contributed by atoms with van der Waals surface area (Å²) in [5, 5.41) is 17.1. The number of carboxylic acids is 1. The molecule has 1 amide bonds. The molecular weight excluding hydrogens is 552 g/mol. The maximum atomic E-state index is 13.5. The number of amides is 1. The van der Waals surface area contributed by atoms with Crippen LogP contribution in [0, 0.1) is 5.92 Å². The maximum Gasteiger partial charge on any atom is 0.416 e. The third-order valence-corrected chi connectivity index (χ3v) is 8.28. The van der Waals surface area contributed by atoms with E-state index >= 15 is 0 Å². The normalized spacial score (nSPS) is 24.9. The van der Waals surface area contributed by atoms with Crippen molar-refractivity contribution in [3.05, 3.63) is 65.1 Å². The van der Waals surface area contributed by atoms with Gasteiger partial charge < -0.3 is 10.0 Å². The van der Waals surface area contributed by atoms with Crippen LogP contribution in [0.25, 0.3) is 5.65 Å². The van der Waals surface area contributed by atoms with Crippen molar-refractivity contribution in [3.63, 3.8) is 0 Å². The average Bonchev–Trinajstić information content (AvgIpc) is 3.41. The fourth-order valence-corrected chi connectivity index (χ4v) is 6.50. The predicted octanol–water partition coefficient (Wildman–Crippen LogP) is 4.27. The van der Waals surface area contributed by atoms with Gasteiger partial charge in [-0.05, 0) is 48.4 Å². The largest absolute Gasteiger partial charge is 0.478 e. The molecule has 1 aliphatic carbocycles. The van der Waals surface area contributed by atoms with Crippen LogP contribution in [0.1, 0.15) is 50.9 Å². The van der Waals surface area contributed by atoms with Gasteiger partial charge in [-0.1, -0.05) is 40.8 Å². The summed E-state index contributed by atoms with van der Waals surface area (Å²) in [6, 6.07) is 8.59. The Hall–Kier alpha value is -2.70. The molecule has 0 bridgehead atoms. The van der Waals surface area contributed by atoms with E-state index in [1.165, 1.54) is 28.8 Å². The maximum absolute atomic E-state index is 13.5. The van der Waals surface area contributed by atoms with Crippen LogP contribution in [0.5, 0.6) is 0 Å². The fraction of sp³-hybridized carbons (Fsp3) is 0.364. The number of aromatic carboxylic acids is 1. The van der Waals surface area contributed by atoms with E-state index in [0.717, 1.165) is 6.07 Å². The molecule has 0 spiro atoms. The molecule has 2 aliphatic rings. The van der Waals surface area contributed by atoms with Crippen LogP contribution in [-0.4, -0.2) is 53.0 Å². The van der Waals surface area contributed by atoms with Crippen LogP contribution in [0.4, 0.5) is 13.2 Å². The van der Waals surface area contributed by atoms with Crippen molar-refractivity contribution in [1.82, 2.24) is 19.5 Å². The van der Waals surface area contributed by atoms with Crippen molar-refractivity contribution < 1.29 is 27.9 Å². The SMILES string of the molecule is O=C(O)c1ccc2nnc(C(=O)N3C[C@@H]4C[C@H](c5ccccc5C(F)(F)F)C[C@]4(I)C3)n2c1. The first-order chi connectivity index (χ1) is 15.6. The highest BCUT2D eigenvalue weighted by atomic mass is 127. The number of carboxylic acid groups (broad SMARTS) is 1. The van der Waals surface area contributed by atoms with Gasteiger partial charge in [-0.25, -0.2) is 4.79 Å². The van der Waals surface area contributed by atoms with Gasteiger partial charge >= 0.3 is 12.1 Å². The molecule has 7 nitrogen and oxygen atoms in total. The molecule has 3 heterocycles. The topological polar surface area (TPSA) is 87.8 Å². The van der Waals surface area contributed by atoms with Crippen molar-refractivity contribution in [3.8, 4) is 0 Å². The summed E-state index contributed by atoms with van der Waals surface area (Å²) >= 11 is 2.30. The summed E-state index contributed by atoms with van der Waals surface area (Å²) in [6.45, 7) is 0.787. The van der Waals surface area contributed by atoms with E-state index in [0.29, 0.717) is 37.1 Å². The van der Waals surface area contributed by atoms with Crippen molar-refractivity contribution >= 4 is 40.1 Å². The summed E-state index contributed by atoms with van der Waals surface area (Å²) in [7, 11) is 0. The van der Waals surface area contributed by atoms with Crippen LogP contribution in [0.3, 0.4) is 0 Å². The summed E-state index contributed by atoms with van der Waals surface area (Å²) in [5.74, 6) is -1.66. The Kier molecular flexibility index (Phi) is 5.14. The average molecular weight is 570 g/mol. The zero-order valence-corrected chi connectivity index (χ0v) is 19.2. The number of halogens is 4.